The third-order valence-electron chi connectivity index (χ3n) is 5.67. The molecule has 0 aromatic heterocycles. The smallest absolute Gasteiger partial charge is 0.339 e. The second-order valence-corrected chi connectivity index (χ2v) is 9.13. The standard InChI is InChI=1S/C32H30O4/c1-21(2)35-31(33)26-17-15-25(16-18-26)30-28(32(34)36-22(3)4)20-19-27(23-11-7-5-8-12-23)29(30)24-13-9-6-10-14-24/h5-22H,1-4H3. The Morgan fingerprint density at radius 1 is 0.528 bits per heavy atom. The minimum Gasteiger partial charge on any atom is -0.459 e. The van der Waals surface area contributed by atoms with E-state index in [9.17, 15) is 9.59 Å². The molecule has 4 heteroatoms. The molecule has 0 fully saturated rings. The van der Waals surface area contributed by atoms with Crippen molar-refractivity contribution in [3.63, 3.8) is 0 Å². The number of hydrogen-bond acceptors (Lipinski definition) is 4. The average molecular weight is 479 g/mol. The van der Waals surface area contributed by atoms with Crippen molar-refractivity contribution in [1.82, 2.24) is 0 Å². The van der Waals surface area contributed by atoms with E-state index in [0.29, 0.717) is 11.1 Å². The number of carbonyl (C=O) groups excluding carboxylic acids is 2. The van der Waals surface area contributed by atoms with Crippen LogP contribution in [0.3, 0.4) is 0 Å². The maximum atomic E-state index is 13.3. The van der Waals surface area contributed by atoms with Crippen LogP contribution in [0.1, 0.15) is 48.4 Å². The van der Waals surface area contributed by atoms with Crippen LogP contribution in [0.5, 0.6) is 0 Å². The monoisotopic (exact) mass is 478 g/mol. The highest BCUT2D eigenvalue weighted by molar-refractivity contribution is 6.06. The van der Waals surface area contributed by atoms with E-state index in [1.165, 1.54) is 0 Å². The molecule has 0 saturated heterocycles. The lowest BCUT2D eigenvalue weighted by Crippen LogP contribution is -2.13. The second-order valence-electron chi connectivity index (χ2n) is 9.13. The van der Waals surface area contributed by atoms with Gasteiger partial charge in [0.25, 0.3) is 0 Å². The van der Waals surface area contributed by atoms with Crippen LogP contribution in [0, 0.1) is 0 Å². The van der Waals surface area contributed by atoms with E-state index in [4.69, 9.17) is 9.47 Å². The first kappa shape index (κ1) is 24.9. The van der Waals surface area contributed by atoms with Gasteiger partial charge in [0.1, 0.15) is 0 Å². The summed E-state index contributed by atoms with van der Waals surface area (Å²) in [6.07, 6.45) is -0.464. The molecule has 0 bridgehead atoms. The number of rotatable bonds is 7. The fraction of sp³-hybridized carbons (Fsp3) is 0.188. The molecule has 182 valence electrons. The Hall–Kier alpha value is -4.18. The van der Waals surface area contributed by atoms with Crippen LogP contribution >= 0.6 is 0 Å². The van der Waals surface area contributed by atoms with Crippen molar-refractivity contribution in [2.24, 2.45) is 0 Å². The molecule has 4 aromatic carbocycles. The summed E-state index contributed by atoms with van der Waals surface area (Å²) in [5.41, 5.74) is 6.45. The van der Waals surface area contributed by atoms with Crippen LogP contribution in [0.2, 0.25) is 0 Å². The summed E-state index contributed by atoms with van der Waals surface area (Å²) in [5, 5.41) is 0. The molecule has 4 nitrogen and oxygen atoms in total. The van der Waals surface area contributed by atoms with Gasteiger partial charge in [0.2, 0.25) is 0 Å². The van der Waals surface area contributed by atoms with Gasteiger partial charge in [-0.3, -0.25) is 0 Å². The molecule has 4 aromatic rings. The third-order valence-corrected chi connectivity index (χ3v) is 5.67. The normalized spacial score (nSPS) is 10.9. The lowest BCUT2D eigenvalue weighted by molar-refractivity contribution is 0.0367. The van der Waals surface area contributed by atoms with Gasteiger partial charge >= 0.3 is 11.9 Å². The number of hydrogen-bond donors (Lipinski definition) is 0. The van der Waals surface area contributed by atoms with Crippen LogP contribution in [-0.4, -0.2) is 24.1 Å². The van der Waals surface area contributed by atoms with E-state index < -0.39 is 0 Å². The molecule has 0 saturated carbocycles. The van der Waals surface area contributed by atoms with E-state index in [1.54, 1.807) is 12.1 Å². The molecule has 0 heterocycles. The summed E-state index contributed by atoms with van der Waals surface area (Å²) in [5.74, 6) is -0.766. The molecular formula is C32H30O4. The summed E-state index contributed by atoms with van der Waals surface area (Å²) in [7, 11) is 0. The number of carbonyl (C=O) groups is 2. The van der Waals surface area contributed by atoms with Crippen LogP contribution in [-0.2, 0) is 9.47 Å². The highest BCUT2D eigenvalue weighted by atomic mass is 16.5. The topological polar surface area (TPSA) is 52.6 Å². The molecule has 0 amide bonds. The minimum atomic E-state index is -0.389. The van der Waals surface area contributed by atoms with Gasteiger partial charge in [-0.2, -0.15) is 0 Å². The van der Waals surface area contributed by atoms with Gasteiger partial charge in [0, 0.05) is 5.56 Å². The van der Waals surface area contributed by atoms with Crippen molar-refractivity contribution in [2.75, 3.05) is 0 Å². The first-order chi connectivity index (χ1) is 17.3. The Labute approximate surface area is 212 Å². The van der Waals surface area contributed by atoms with Crippen molar-refractivity contribution in [3.8, 4) is 33.4 Å². The van der Waals surface area contributed by atoms with Gasteiger partial charge in [0.15, 0.2) is 0 Å². The van der Waals surface area contributed by atoms with Crippen molar-refractivity contribution in [3.05, 3.63) is 108 Å². The highest BCUT2D eigenvalue weighted by Gasteiger charge is 2.23. The van der Waals surface area contributed by atoms with E-state index in [2.05, 4.69) is 12.1 Å². The van der Waals surface area contributed by atoms with E-state index >= 15 is 0 Å². The minimum absolute atomic E-state index is 0.207. The maximum Gasteiger partial charge on any atom is 0.339 e. The third kappa shape index (κ3) is 5.55. The molecule has 0 aliphatic heterocycles. The summed E-state index contributed by atoms with van der Waals surface area (Å²) >= 11 is 0. The summed E-state index contributed by atoms with van der Waals surface area (Å²) < 4.78 is 11.0. The fourth-order valence-corrected chi connectivity index (χ4v) is 4.17. The van der Waals surface area contributed by atoms with Crippen molar-refractivity contribution in [2.45, 2.75) is 39.9 Å². The van der Waals surface area contributed by atoms with E-state index in [0.717, 1.165) is 33.4 Å². The van der Waals surface area contributed by atoms with Crippen LogP contribution in [0.4, 0.5) is 0 Å². The number of ether oxygens (including phenoxy) is 2. The summed E-state index contributed by atoms with van der Waals surface area (Å²) in [6, 6.07) is 31.1. The molecule has 0 N–H and O–H groups in total. The van der Waals surface area contributed by atoms with Gasteiger partial charge in [-0.05, 0) is 73.7 Å². The molecule has 4 rings (SSSR count). The molecular weight excluding hydrogens is 448 g/mol. The second kappa shape index (κ2) is 11.0. The Balaban J connectivity index is 1.98. The maximum absolute atomic E-state index is 13.3. The Kier molecular flexibility index (Phi) is 7.65. The predicted molar refractivity (Wildman–Crippen MR) is 144 cm³/mol. The van der Waals surface area contributed by atoms with Gasteiger partial charge < -0.3 is 9.47 Å². The molecule has 0 atom stereocenters. The van der Waals surface area contributed by atoms with Gasteiger partial charge in [-0.25, -0.2) is 9.59 Å². The van der Waals surface area contributed by atoms with Gasteiger partial charge in [0.05, 0.1) is 23.3 Å². The quantitative estimate of drug-likeness (QED) is 0.254. The molecule has 0 aliphatic rings. The largest absolute Gasteiger partial charge is 0.459 e. The van der Waals surface area contributed by atoms with E-state index in [1.807, 2.05) is 100 Å². The first-order valence-electron chi connectivity index (χ1n) is 12.2. The molecule has 0 unspecified atom stereocenters. The lowest BCUT2D eigenvalue weighted by Gasteiger charge is -2.20. The molecule has 0 spiro atoms. The average Bonchev–Trinajstić information content (AvgIpc) is 2.88. The predicted octanol–water partition coefficient (Wildman–Crippen LogP) is 7.82. The number of benzene rings is 4. The van der Waals surface area contributed by atoms with Crippen LogP contribution < -0.4 is 0 Å². The Morgan fingerprint density at radius 3 is 1.58 bits per heavy atom. The zero-order chi connectivity index (χ0) is 25.7. The van der Waals surface area contributed by atoms with E-state index in [-0.39, 0.29) is 24.1 Å². The van der Waals surface area contributed by atoms with Crippen LogP contribution in [0.25, 0.3) is 33.4 Å². The van der Waals surface area contributed by atoms with Gasteiger partial charge in [-0.15, -0.1) is 0 Å². The van der Waals surface area contributed by atoms with Crippen molar-refractivity contribution in [1.29, 1.82) is 0 Å². The zero-order valence-electron chi connectivity index (χ0n) is 21.0. The lowest BCUT2D eigenvalue weighted by atomic mass is 9.84. The van der Waals surface area contributed by atoms with Crippen LogP contribution in [0.15, 0.2) is 97.1 Å². The van der Waals surface area contributed by atoms with Gasteiger partial charge in [-0.1, -0.05) is 78.9 Å². The molecule has 36 heavy (non-hydrogen) atoms. The fourth-order valence-electron chi connectivity index (χ4n) is 4.17. The molecule has 0 radical (unpaired) electrons. The first-order valence-corrected chi connectivity index (χ1v) is 12.2. The summed E-state index contributed by atoms with van der Waals surface area (Å²) in [6.45, 7) is 7.31. The summed E-state index contributed by atoms with van der Waals surface area (Å²) in [4.78, 5) is 25.7. The Morgan fingerprint density at radius 2 is 1.03 bits per heavy atom. The van der Waals surface area contributed by atoms with Crippen molar-refractivity contribution < 1.29 is 19.1 Å². The molecule has 0 aliphatic carbocycles. The Bertz CT molecular complexity index is 1340. The number of esters is 2. The SMILES string of the molecule is CC(C)OC(=O)c1ccc(-c2c(C(=O)OC(C)C)ccc(-c3ccccc3)c2-c2ccccc2)cc1. The zero-order valence-corrected chi connectivity index (χ0v) is 21.0. The van der Waals surface area contributed by atoms with Crippen molar-refractivity contribution >= 4 is 11.9 Å². The highest BCUT2D eigenvalue weighted by Crippen LogP contribution is 2.42.